The van der Waals surface area contributed by atoms with Gasteiger partial charge in [-0.1, -0.05) is 36.7 Å². The van der Waals surface area contributed by atoms with Crippen molar-refractivity contribution in [3.05, 3.63) is 28.5 Å². The van der Waals surface area contributed by atoms with Crippen molar-refractivity contribution in [2.45, 2.75) is 51.4 Å². The summed E-state index contributed by atoms with van der Waals surface area (Å²) in [4.78, 5) is 13.7. The number of amides is 1. The molecule has 0 aromatic heterocycles. The SMILES string of the molecule is CC(C)(C)[Si](C)(C)O[C@H]1CC(=O)N(c2ccc(Br)cc2F)C1. The molecular formula is C16H23BrFNO2Si. The maximum absolute atomic E-state index is 14.1. The van der Waals surface area contributed by atoms with Crippen LogP contribution >= 0.6 is 15.9 Å². The molecule has 0 radical (unpaired) electrons. The summed E-state index contributed by atoms with van der Waals surface area (Å²) in [6.07, 6.45) is 0.165. The van der Waals surface area contributed by atoms with E-state index in [9.17, 15) is 9.18 Å². The molecule has 122 valence electrons. The Bertz CT molecular complexity index is 586. The second-order valence-electron chi connectivity index (χ2n) is 7.30. The third-order valence-corrected chi connectivity index (χ3v) is 9.59. The Morgan fingerprint density at radius 2 is 2.00 bits per heavy atom. The summed E-state index contributed by atoms with van der Waals surface area (Å²) in [6, 6.07) is 4.75. The van der Waals surface area contributed by atoms with Crippen molar-refractivity contribution < 1.29 is 13.6 Å². The molecule has 1 atom stereocenters. The largest absolute Gasteiger partial charge is 0.412 e. The number of nitrogens with zero attached hydrogens (tertiary/aromatic N) is 1. The minimum Gasteiger partial charge on any atom is -0.412 e. The van der Waals surface area contributed by atoms with Gasteiger partial charge in [-0.05, 0) is 36.3 Å². The van der Waals surface area contributed by atoms with Gasteiger partial charge in [-0.25, -0.2) is 4.39 Å². The fraction of sp³-hybridized carbons (Fsp3) is 0.562. The van der Waals surface area contributed by atoms with Gasteiger partial charge in [0, 0.05) is 4.47 Å². The lowest BCUT2D eigenvalue weighted by molar-refractivity contribution is -0.117. The lowest BCUT2D eigenvalue weighted by Gasteiger charge is -2.38. The number of halogens is 2. The monoisotopic (exact) mass is 387 g/mol. The van der Waals surface area contributed by atoms with Gasteiger partial charge in [-0.15, -0.1) is 0 Å². The van der Waals surface area contributed by atoms with Crippen LogP contribution in [0.3, 0.4) is 0 Å². The Morgan fingerprint density at radius 1 is 1.36 bits per heavy atom. The molecule has 1 heterocycles. The number of rotatable bonds is 3. The predicted molar refractivity (Wildman–Crippen MR) is 93.1 cm³/mol. The maximum Gasteiger partial charge on any atom is 0.229 e. The van der Waals surface area contributed by atoms with Gasteiger partial charge in [0.25, 0.3) is 0 Å². The van der Waals surface area contributed by atoms with Crippen LogP contribution in [0.1, 0.15) is 27.2 Å². The van der Waals surface area contributed by atoms with E-state index in [1.54, 1.807) is 12.1 Å². The van der Waals surface area contributed by atoms with Crippen molar-refractivity contribution in [3.63, 3.8) is 0 Å². The van der Waals surface area contributed by atoms with Crippen LogP contribution in [-0.2, 0) is 9.22 Å². The molecule has 0 bridgehead atoms. The molecule has 22 heavy (non-hydrogen) atoms. The molecule has 1 aromatic rings. The first-order valence-corrected chi connectivity index (χ1v) is 11.1. The van der Waals surface area contributed by atoms with Gasteiger partial charge in [0.2, 0.25) is 5.91 Å². The quantitative estimate of drug-likeness (QED) is 0.702. The third-order valence-electron chi connectivity index (χ3n) is 4.56. The predicted octanol–water partition coefficient (Wildman–Crippen LogP) is 4.72. The van der Waals surface area contributed by atoms with Gasteiger partial charge in [-0.2, -0.15) is 0 Å². The van der Waals surface area contributed by atoms with E-state index in [1.807, 2.05) is 0 Å². The standard InChI is InChI=1S/C16H23BrFNO2Si/c1-16(2,3)22(4,5)21-12-9-15(20)19(10-12)14-7-6-11(17)8-13(14)18/h6-8,12H,9-10H2,1-5H3/t12-/m0/s1. The fourth-order valence-electron chi connectivity index (χ4n) is 2.28. The van der Waals surface area contributed by atoms with Crippen molar-refractivity contribution in [2.24, 2.45) is 0 Å². The first-order valence-electron chi connectivity index (χ1n) is 7.44. The second kappa shape index (κ2) is 6.05. The van der Waals surface area contributed by atoms with E-state index in [1.165, 1.54) is 11.0 Å². The Labute approximate surface area is 141 Å². The van der Waals surface area contributed by atoms with E-state index in [4.69, 9.17) is 4.43 Å². The van der Waals surface area contributed by atoms with E-state index in [0.29, 0.717) is 23.1 Å². The minimum atomic E-state index is -1.93. The topological polar surface area (TPSA) is 29.5 Å². The molecule has 3 nitrogen and oxygen atoms in total. The molecule has 1 aromatic carbocycles. The van der Waals surface area contributed by atoms with E-state index in [-0.39, 0.29) is 17.0 Å². The minimum absolute atomic E-state index is 0.0788. The molecule has 0 saturated carbocycles. The Morgan fingerprint density at radius 3 is 2.55 bits per heavy atom. The number of carbonyl (C=O) groups excluding carboxylic acids is 1. The normalized spacial score (nSPS) is 19.9. The molecule has 0 N–H and O–H groups in total. The summed E-state index contributed by atoms with van der Waals surface area (Å²) in [5, 5.41) is 0.0896. The van der Waals surface area contributed by atoms with Crippen LogP contribution < -0.4 is 4.90 Å². The lowest BCUT2D eigenvalue weighted by atomic mass is 10.2. The van der Waals surface area contributed by atoms with Crippen LogP contribution in [0.25, 0.3) is 0 Å². The summed E-state index contributed by atoms with van der Waals surface area (Å²) in [5.74, 6) is -0.472. The Hall–Kier alpha value is -0.723. The van der Waals surface area contributed by atoms with Gasteiger partial charge >= 0.3 is 0 Å². The van der Waals surface area contributed by atoms with Crippen molar-refractivity contribution >= 4 is 35.8 Å². The van der Waals surface area contributed by atoms with Gasteiger partial charge in [-0.3, -0.25) is 4.79 Å². The number of hydrogen-bond acceptors (Lipinski definition) is 2. The van der Waals surface area contributed by atoms with Crippen molar-refractivity contribution in [2.75, 3.05) is 11.4 Å². The molecule has 6 heteroatoms. The van der Waals surface area contributed by atoms with E-state index in [0.717, 1.165) is 0 Å². The first kappa shape index (κ1) is 17.6. The van der Waals surface area contributed by atoms with Gasteiger partial charge in [0.1, 0.15) is 5.82 Å². The van der Waals surface area contributed by atoms with Gasteiger partial charge in [0.05, 0.1) is 24.8 Å². The highest BCUT2D eigenvalue weighted by atomic mass is 79.9. The summed E-state index contributed by atoms with van der Waals surface area (Å²) in [5.41, 5.74) is 0.328. The molecule has 0 unspecified atom stereocenters. The van der Waals surface area contributed by atoms with E-state index >= 15 is 0 Å². The highest BCUT2D eigenvalue weighted by Gasteiger charge is 2.42. The number of hydrogen-bond donors (Lipinski definition) is 0. The summed E-state index contributed by atoms with van der Waals surface area (Å²) in [7, 11) is -1.93. The zero-order chi connectivity index (χ0) is 16.7. The first-order chi connectivity index (χ1) is 10.0. The Balaban J connectivity index is 2.15. The fourth-order valence-corrected chi connectivity index (χ4v) is 3.96. The van der Waals surface area contributed by atoms with Crippen LogP contribution in [0.4, 0.5) is 10.1 Å². The molecule has 2 rings (SSSR count). The van der Waals surface area contributed by atoms with Crippen LogP contribution in [0.15, 0.2) is 22.7 Å². The number of anilines is 1. The Kier molecular flexibility index (Phi) is 4.85. The zero-order valence-electron chi connectivity index (χ0n) is 13.7. The van der Waals surface area contributed by atoms with Crippen molar-refractivity contribution in [3.8, 4) is 0 Å². The van der Waals surface area contributed by atoms with Crippen LogP contribution in [0.5, 0.6) is 0 Å². The maximum atomic E-state index is 14.1. The van der Waals surface area contributed by atoms with Crippen LogP contribution in [0, 0.1) is 5.82 Å². The highest BCUT2D eigenvalue weighted by Crippen LogP contribution is 2.39. The summed E-state index contributed by atoms with van der Waals surface area (Å²) >= 11 is 3.23. The molecule has 1 amide bonds. The molecule has 1 fully saturated rings. The summed E-state index contributed by atoms with van der Waals surface area (Å²) < 4.78 is 21.0. The molecule has 0 aliphatic carbocycles. The van der Waals surface area contributed by atoms with Crippen LogP contribution in [0.2, 0.25) is 18.1 Å². The molecular weight excluding hydrogens is 365 g/mol. The second-order valence-corrected chi connectivity index (χ2v) is 13.0. The lowest BCUT2D eigenvalue weighted by Crippen LogP contribution is -2.44. The van der Waals surface area contributed by atoms with E-state index in [2.05, 4.69) is 49.8 Å². The third kappa shape index (κ3) is 3.60. The average molecular weight is 388 g/mol. The number of benzene rings is 1. The zero-order valence-corrected chi connectivity index (χ0v) is 16.3. The molecule has 1 aliphatic rings. The smallest absolute Gasteiger partial charge is 0.229 e. The van der Waals surface area contributed by atoms with Gasteiger partial charge < -0.3 is 9.33 Å². The molecule has 0 spiro atoms. The highest BCUT2D eigenvalue weighted by molar-refractivity contribution is 9.10. The van der Waals surface area contributed by atoms with E-state index < -0.39 is 14.1 Å². The van der Waals surface area contributed by atoms with Crippen molar-refractivity contribution in [1.29, 1.82) is 0 Å². The number of carbonyl (C=O) groups is 1. The van der Waals surface area contributed by atoms with Gasteiger partial charge in [0.15, 0.2) is 8.32 Å². The van der Waals surface area contributed by atoms with Crippen molar-refractivity contribution in [1.82, 2.24) is 0 Å². The average Bonchev–Trinajstić information content (AvgIpc) is 2.67. The summed E-state index contributed by atoms with van der Waals surface area (Å²) in [6.45, 7) is 11.3. The molecule has 1 aliphatic heterocycles. The molecule has 1 saturated heterocycles. The van der Waals surface area contributed by atoms with Crippen LogP contribution in [-0.4, -0.2) is 26.9 Å².